The number of hydrogen-bond donors (Lipinski definition) is 1. The normalized spacial score (nSPS) is 12.3. The molecular formula is C12H12N2O4. The Morgan fingerprint density at radius 3 is 2.67 bits per heavy atom. The Bertz CT molecular complexity index is 714. The Kier molecular flexibility index (Phi) is 3.01. The van der Waals surface area contributed by atoms with Crippen molar-refractivity contribution in [2.45, 2.75) is 13.0 Å². The summed E-state index contributed by atoms with van der Waals surface area (Å²) in [6.07, 6.45) is 0. The zero-order valence-electron chi connectivity index (χ0n) is 9.97. The van der Waals surface area contributed by atoms with Crippen molar-refractivity contribution in [2.24, 2.45) is 0 Å². The van der Waals surface area contributed by atoms with Crippen LogP contribution in [0.15, 0.2) is 33.9 Å². The van der Waals surface area contributed by atoms with Crippen LogP contribution in [0.2, 0.25) is 0 Å². The number of carbonyl (C=O) groups excluding carboxylic acids is 1. The lowest BCUT2D eigenvalue weighted by molar-refractivity contribution is -0.144. The molecule has 0 radical (unpaired) electrons. The summed E-state index contributed by atoms with van der Waals surface area (Å²) in [5, 5.41) is 0.354. The van der Waals surface area contributed by atoms with Crippen LogP contribution < -0.4 is 11.2 Å². The van der Waals surface area contributed by atoms with Crippen molar-refractivity contribution >= 4 is 16.9 Å². The van der Waals surface area contributed by atoms with E-state index in [1.165, 1.54) is 14.0 Å². The summed E-state index contributed by atoms with van der Waals surface area (Å²) in [7, 11) is 1.21. The first-order valence-electron chi connectivity index (χ1n) is 5.37. The van der Waals surface area contributed by atoms with Gasteiger partial charge in [-0.1, -0.05) is 12.1 Å². The Labute approximate surface area is 102 Å². The van der Waals surface area contributed by atoms with E-state index in [9.17, 15) is 14.4 Å². The summed E-state index contributed by atoms with van der Waals surface area (Å²) >= 11 is 0. The van der Waals surface area contributed by atoms with Gasteiger partial charge in [-0.15, -0.1) is 0 Å². The Morgan fingerprint density at radius 1 is 1.33 bits per heavy atom. The molecule has 0 bridgehead atoms. The number of nitrogens with zero attached hydrogens (tertiary/aromatic N) is 1. The van der Waals surface area contributed by atoms with Crippen molar-refractivity contribution in [1.82, 2.24) is 9.55 Å². The molecule has 0 aliphatic carbocycles. The molecule has 2 rings (SSSR count). The molecule has 2 aromatic rings. The number of ether oxygens (including phenoxy) is 1. The van der Waals surface area contributed by atoms with Gasteiger partial charge in [-0.25, -0.2) is 14.2 Å². The maximum atomic E-state index is 12.1. The van der Waals surface area contributed by atoms with Crippen LogP contribution in [-0.4, -0.2) is 22.6 Å². The van der Waals surface area contributed by atoms with E-state index in [1.54, 1.807) is 24.3 Å². The fourth-order valence-corrected chi connectivity index (χ4v) is 1.80. The Hall–Kier alpha value is -2.37. The van der Waals surface area contributed by atoms with Crippen molar-refractivity contribution in [3.63, 3.8) is 0 Å². The zero-order chi connectivity index (χ0) is 13.3. The second-order valence-corrected chi connectivity index (χ2v) is 3.85. The smallest absolute Gasteiger partial charge is 0.329 e. The van der Waals surface area contributed by atoms with Gasteiger partial charge in [0, 0.05) is 0 Å². The second-order valence-electron chi connectivity index (χ2n) is 3.85. The number of aromatic nitrogens is 2. The van der Waals surface area contributed by atoms with E-state index in [0.29, 0.717) is 10.9 Å². The van der Waals surface area contributed by atoms with Crippen LogP contribution in [0.3, 0.4) is 0 Å². The number of rotatable bonds is 2. The molecule has 0 fully saturated rings. The molecule has 94 valence electrons. The van der Waals surface area contributed by atoms with Gasteiger partial charge in [-0.2, -0.15) is 0 Å². The molecule has 0 aliphatic rings. The third-order valence-electron chi connectivity index (χ3n) is 2.77. The summed E-state index contributed by atoms with van der Waals surface area (Å²) < 4.78 is 5.39. The van der Waals surface area contributed by atoms with E-state index in [1.807, 2.05) is 0 Å². The van der Waals surface area contributed by atoms with E-state index in [4.69, 9.17) is 0 Å². The summed E-state index contributed by atoms with van der Waals surface area (Å²) in [6, 6.07) is 5.66. The zero-order valence-corrected chi connectivity index (χ0v) is 9.97. The first kappa shape index (κ1) is 12.1. The van der Waals surface area contributed by atoms with Crippen LogP contribution in [-0.2, 0) is 9.53 Å². The van der Waals surface area contributed by atoms with Gasteiger partial charge in [0.25, 0.3) is 5.56 Å². The quantitative estimate of drug-likeness (QED) is 0.781. The molecule has 6 heteroatoms. The highest BCUT2D eigenvalue weighted by atomic mass is 16.5. The molecule has 0 spiro atoms. The molecule has 18 heavy (non-hydrogen) atoms. The number of nitrogens with one attached hydrogen (secondary N) is 1. The summed E-state index contributed by atoms with van der Waals surface area (Å²) in [4.78, 5) is 37.9. The highest BCUT2D eigenvalue weighted by molar-refractivity contribution is 5.78. The minimum atomic E-state index is -0.962. The van der Waals surface area contributed by atoms with E-state index in [2.05, 4.69) is 9.72 Å². The minimum absolute atomic E-state index is 0.354. The average molecular weight is 248 g/mol. The highest BCUT2D eigenvalue weighted by Crippen LogP contribution is 2.06. The van der Waals surface area contributed by atoms with Gasteiger partial charge < -0.3 is 9.72 Å². The highest BCUT2D eigenvalue weighted by Gasteiger charge is 2.20. The molecule has 6 nitrogen and oxygen atoms in total. The number of fused-ring (bicyclic) bond motifs is 1. The predicted molar refractivity (Wildman–Crippen MR) is 65.6 cm³/mol. The lowest BCUT2D eigenvalue weighted by Gasteiger charge is -2.12. The molecule has 1 atom stereocenters. The number of benzene rings is 1. The number of hydrogen-bond acceptors (Lipinski definition) is 4. The first-order chi connectivity index (χ1) is 8.56. The number of esters is 1. The maximum absolute atomic E-state index is 12.1. The molecule has 1 aromatic carbocycles. The van der Waals surface area contributed by atoms with Crippen LogP contribution in [0.5, 0.6) is 0 Å². The maximum Gasteiger partial charge on any atom is 0.329 e. The standard InChI is InChI=1S/C12H12N2O4/c1-7(11(16)18-2)14-10(15)8-5-3-4-6-9(8)13-12(14)17/h3-7H,1-2H3,(H,13,17)/t7-/m0/s1. The summed E-state index contributed by atoms with van der Waals surface area (Å²) in [6.45, 7) is 1.44. The van der Waals surface area contributed by atoms with Crippen LogP contribution in [0, 0.1) is 0 Å². The average Bonchev–Trinajstić information content (AvgIpc) is 2.37. The third-order valence-corrected chi connectivity index (χ3v) is 2.77. The van der Waals surface area contributed by atoms with Crippen molar-refractivity contribution in [1.29, 1.82) is 0 Å². The molecule has 1 N–H and O–H groups in total. The molecule has 1 aromatic heterocycles. The molecule has 0 unspecified atom stereocenters. The minimum Gasteiger partial charge on any atom is -0.467 e. The van der Waals surface area contributed by atoms with Gasteiger partial charge in [0.05, 0.1) is 18.0 Å². The number of para-hydroxylation sites is 1. The summed E-state index contributed by atoms with van der Waals surface area (Å²) in [5.74, 6) is -0.641. The SMILES string of the molecule is COC(=O)[C@H](C)n1c(=O)[nH]c2ccccc2c1=O. The first-order valence-corrected chi connectivity index (χ1v) is 5.37. The molecule has 0 aliphatic heterocycles. The second kappa shape index (κ2) is 4.48. The fraction of sp³-hybridized carbons (Fsp3) is 0.250. The number of carbonyl (C=O) groups is 1. The molecule has 0 saturated heterocycles. The topological polar surface area (TPSA) is 81.2 Å². The van der Waals surface area contributed by atoms with E-state index in [-0.39, 0.29) is 0 Å². The van der Waals surface area contributed by atoms with Crippen molar-refractivity contribution in [2.75, 3.05) is 7.11 Å². The summed E-state index contributed by atoms with van der Waals surface area (Å²) in [5.41, 5.74) is -0.690. The molecular weight excluding hydrogens is 236 g/mol. The van der Waals surface area contributed by atoms with Gasteiger partial charge in [0.2, 0.25) is 0 Å². The van der Waals surface area contributed by atoms with Gasteiger partial charge in [0.1, 0.15) is 6.04 Å². The van der Waals surface area contributed by atoms with Crippen LogP contribution in [0.1, 0.15) is 13.0 Å². The van der Waals surface area contributed by atoms with Gasteiger partial charge >= 0.3 is 11.7 Å². The largest absolute Gasteiger partial charge is 0.467 e. The van der Waals surface area contributed by atoms with E-state index in [0.717, 1.165) is 4.57 Å². The van der Waals surface area contributed by atoms with Crippen LogP contribution >= 0.6 is 0 Å². The number of aromatic amines is 1. The van der Waals surface area contributed by atoms with Gasteiger partial charge in [0.15, 0.2) is 0 Å². The van der Waals surface area contributed by atoms with Crippen molar-refractivity contribution in [3.05, 3.63) is 45.1 Å². The predicted octanol–water partition coefficient (Wildman–Crippen LogP) is 0.424. The van der Waals surface area contributed by atoms with E-state index < -0.39 is 23.3 Å². The number of H-pyrrole nitrogens is 1. The van der Waals surface area contributed by atoms with E-state index >= 15 is 0 Å². The van der Waals surface area contributed by atoms with Crippen molar-refractivity contribution in [3.8, 4) is 0 Å². The van der Waals surface area contributed by atoms with Crippen LogP contribution in [0.4, 0.5) is 0 Å². The third kappa shape index (κ3) is 1.81. The Balaban J connectivity index is 2.76. The molecule has 0 amide bonds. The number of methoxy groups -OCH3 is 1. The van der Waals surface area contributed by atoms with Gasteiger partial charge in [-0.3, -0.25) is 4.79 Å². The molecule has 0 saturated carbocycles. The van der Waals surface area contributed by atoms with Crippen molar-refractivity contribution < 1.29 is 9.53 Å². The lowest BCUT2D eigenvalue weighted by atomic mass is 10.2. The van der Waals surface area contributed by atoms with Gasteiger partial charge in [-0.05, 0) is 19.1 Å². The van der Waals surface area contributed by atoms with Crippen LogP contribution in [0.25, 0.3) is 10.9 Å². The Morgan fingerprint density at radius 2 is 2.00 bits per heavy atom. The monoisotopic (exact) mass is 248 g/mol. The lowest BCUT2D eigenvalue weighted by Crippen LogP contribution is -2.40. The fourth-order valence-electron chi connectivity index (χ4n) is 1.80. The molecule has 1 heterocycles.